The summed E-state index contributed by atoms with van der Waals surface area (Å²) in [6.45, 7) is 3.37. The third-order valence-electron chi connectivity index (χ3n) is 3.00. The van der Waals surface area contributed by atoms with E-state index in [1.165, 1.54) is 0 Å². The second-order valence-corrected chi connectivity index (χ2v) is 6.74. The van der Waals surface area contributed by atoms with Gasteiger partial charge in [-0.3, -0.25) is 9.69 Å². The van der Waals surface area contributed by atoms with Crippen molar-refractivity contribution in [3.05, 3.63) is 0 Å². The Kier molecular flexibility index (Phi) is 3.52. The summed E-state index contributed by atoms with van der Waals surface area (Å²) in [4.78, 5) is 14.2. The molecule has 0 N–H and O–H groups in total. The summed E-state index contributed by atoms with van der Waals surface area (Å²) in [7, 11) is 2.12. The average Bonchev–Trinajstić information content (AvgIpc) is 2.79. The number of likely N-dealkylation sites (tertiary alicyclic amines) is 1. The highest BCUT2D eigenvalue weighted by Crippen LogP contribution is 2.55. The van der Waals surface area contributed by atoms with E-state index in [2.05, 4.69) is 11.9 Å². The minimum absolute atomic E-state index is 0.0104. The smallest absolute Gasteiger partial charge is 0.312 e. The fourth-order valence-corrected chi connectivity index (χ4v) is 5.81. The number of thioether (sulfide) groups is 2. The van der Waals surface area contributed by atoms with Gasteiger partial charge >= 0.3 is 5.97 Å². The molecule has 2 saturated heterocycles. The third kappa shape index (κ3) is 1.89. The van der Waals surface area contributed by atoms with Crippen LogP contribution in [0.5, 0.6) is 0 Å². The first-order valence-electron chi connectivity index (χ1n) is 5.36. The van der Waals surface area contributed by atoms with E-state index in [0.29, 0.717) is 6.61 Å². The maximum atomic E-state index is 11.9. The molecule has 0 aromatic rings. The summed E-state index contributed by atoms with van der Waals surface area (Å²) in [5, 5.41) is 0. The normalized spacial score (nSPS) is 29.9. The van der Waals surface area contributed by atoms with Gasteiger partial charge in [0.05, 0.1) is 12.5 Å². The Morgan fingerprint density at radius 2 is 2.20 bits per heavy atom. The van der Waals surface area contributed by atoms with Crippen molar-refractivity contribution in [2.24, 2.45) is 5.92 Å². The van der Waals surface area contributed by atoms with Crippen molar-refractivity contribution < 1.29 is 9.53 Å². The van der Waals surface area contributed by atoms with Crippen LogP contribution in [0.15, 0.2) is 0 Å². The summed E-state index contributed by atoms with van der Waals surface area (Å²) < 4.78 is 5.15. The number of carbonyl (C=O) groups is 1. The highest BCUT2D eigenvalue weighted by atomic mass is 32.2. The molecule has 1 spiro atoms. The van der Waals surface area contributed by atoms with E-state index < -0.39 is 0 Å². The van der Waals surface area contributed by atoms with Gasteiger partial charge in [0, 0.05) is 18.1 Å². The standard InChI is InChI=1S/C10H17NO2S2/c1-3-13-9(12)8-4-5-11(2)10(8)14-6-7-15-10/h8H,3-7H2,1-2H3/t8-/m0/s1. The first-order valence-corrected chi connectivity index (χ1v) is 7.33. The molecule has 2 fully saturated rings. The van der Waals surface area contributed by atoms with E-state index in [-0.39, 0.29) is 16.1 Å². The molecule has 5 heteroatoms. The zero-order valence-corrected chi connectivity index (χ0v) is 10.8. The molecule has 0 radical (unpaired) electrons. The van der Waals surface area contributed by atoms with Crippen molar-refractivity contribution in [1.29, 1.82) is 0 Å². The van der Waals surface area contributed by atoms with Crippen LogP contribution in [-0.4, -0.2) is 46.8 Å². The number of rotatable bonds is 2. The van der Waals surface area contributed by atoms with Crippen LogP contribution >= 0.6 is 23.5 Å². The zero-order chi connectivity index (χ0) is 10.9. The van der Waals surface area contributed by atoms with E-state index >= 15 is 0 Å². The molecule has 2 rings (SSSR count). The minimum Gasteiger partial charge on any atom is -0.466 e. The van der Waals surface area contributed by atoms with Crippen molar-refractivity contribution in [3.63, 3.8) is 0 Å². The van der Waals surface area contributed by atoms with E-state index in [1.807, 2.05) is 30.4 Å². The highest BCUT2D eigenvalue weighted by molar-refractivity contribution is 8.21. The number of carbonyl (C=O) groups excluding carboxylic acids is 1. The van der Waals surface area contributed by atoms with Crippen LogP contribution in [0.4, 0.5) is 0 Å². The number of hydrogen-bond acceptors (Lipinski definition) is 5. The van der Waals surface area contributed by atoms with Gasteiger partial charge in [-0.15, -0.1) is 23.5 Å². The maximum Gasteiger partial charge on any atom is 0.312 e. The zero-order valence-electron chi connectivity index (χ0n) is 9.19. The average molecular weight is 247 g/mol. The van der Waals surface area contributed by atoms with Crippen molar-refractivity contribution in [2.75, 3.05) is 31.7 Å². The molecular weight excluding hydrogens is 230 g/mol. The molecular formula is C10H17NO2S2. The van der Waals surface area contributed by atoms with Crippen LogP contribution in [0.3, 0.4) is 0 Å². The van der Waals surface area contributed by atoms with Crippen LogP contribution in [0, 0.1) is 5.92 Å². The maximum absolute atomic E-state index is 11.9. The van der Waals surface area contributed by atoms with Crippen molar-refractivity contribution in [3.8, 4) is 0 Å². The van der Waals surface area contributed by atoms with Crippen LogP contribution in [0.2, 0.25) is 0 Å². The quantitative estimate of drug-likeness (QED) is 0.692. The lowest BCUT2D eigenvalue weighted by Crippen LogP contribution is -2.41. The second-order valence-electron chi connectivity index (χ2n) is 3.84. The summed E-state index contributed by atoms with van der Waals surface area (Å²) in [6, 6.07) is 0. The van der Waals surface area contributed by atoms with Crippen molar-refractivity contribution >= 4 is 29.5 Å². The molecule has 0 aliphatic carbocycles. The van der Waals surface area contributed by atoms with Gasteiger partial charge in [0.2, 0.25) is 0 Å². The predicted molar refractivity (Wildman–Crippen MR) is 65.0 cm³/mol. The Hall–Kier alpha value is 0.130. The molecule has 2 aliphatic rings. The van der Waals surface area contributed by atoms with E-state index in [1.54, 1.807) is 0 Å². The lowest BCUT2D eigenvalue weighted by Gasteiger charge is -2.33. The molecule has 0 aromatic carbocycles. The van der Waals surface area contributed by atoms with Crippen LogP contribution in [0.1, 0.15) is 13.3 Å². The SMILES string of the molecule is CCOC(=O)[C@@H]1CCN(C)C12SCCS2. The highest BCUT2D eigenvalue weighted by Gasteiger charge is 2.54. The van der Waals surface area contributed by atoms with Crippen LogP contribution < -0.4 is 0 Å². The molecule has 86 valence electrons. The molecule has 3 nitrogen and oxygen atoms in total. The van der Waals surface area contributed by atoms with Gasteiger partial charge in [0.15, 0.2) is 0 Å². The van der Waals surface area contributed by atoms with Gasteiger partial charge in [0.1, 0.15) is 4.20 Å². The topological polar surface area (TPSA) is 29.5 Å². The molecule has 0 aromatic heterocycles. The monoisotopic (exact) mass is 247 g/mol. The Bertz CT molecular complexity index is 254. The van der Waals surface area contributed by atoms with E-state index in [0.717, 1.165) is 24.5 Å². The number of ether oxygens (including phenoxy) is 1. The second kappa shape index (κ2) is 4.55. The van der Waals surface area contributed by atoms with Crippen molar-refractivity contribution in [1.82, 2.24) is 4.90 Å². The first-order chi connectivity index (χ1) is 7.20. The number of hydrogen-bond donors (Lipinski definition) is 0. The molecule has 1 atom stereocenters. The molecule has 2 aliphatic heterocycles. The Morgan fingerprint density at radius 1 is 1.53 bits per heavy atom. The molecule has 0 saturated carbocycles. The molecule has 15 heavy (non-hydrogen) atoms. The lowest BCUT2D eigenvalue weighted by molar-refractivity contribution is -0.148. The summed E-state index contributed by atoms with van der Waals surface area (Å²) in [6.07, 6.45) is 0.940. The fourth-order valence-electron chi connectivity index (χ4n) is 2.28. The molecule has 2 heterocycles. The Morgan fingerprint density at radius 3 is 2.80 bits per heavy atom. The van der Waals surface area contributed by atoms with Gasteiger partial charge < -0.3 is 4.74 Å². The Balaban J connectivity index is 2.14. The van der Waals surface area contributed by atoms with E-state index in [4.69, 9.17) is 4.74 Å². The minimum atomic E-state index is -0.0216. The molecule has 0 bridgehead atoms. The van der Waals surface area contributed by atoms with Gasteiger partial charge in [-0.05, 0) is 20.4 Å². The van der Waals surface area contributed by atoms with Gasteiger partial charge in [0.25, 0.3) is 0 Å². The van der Waals surface area contributed by atoms with Crippen molar-refractivity contribution in [2.45, 2.75) is 17.5 Å². The van der Waals surface area contributed by atoms with Crippen LogP contribution in [-0.2, 0) is 9.53 Å². The van der Waals surface area contributed by atoms with E-state index in [9.17, 15) is 4.79 Å². The lowest BCUT2D eigenvalue weighted by atomic mass is 10.1. The summed E-state index contributed by atoms with van der Waals surface area (Å²) >= 11 is 3.82. The third-order valence-corrected chi connectivity index (χ3v) is 6.80. The van der Waals surface area contributed by atoms with Crippen LogP contribution in [0.25, 0.3) is 0 Å². The Labute approximate surface area is 99.3 Å². The first kappa shape index (κ1) is 11.6. The largest absolute Gasteiger partial charge is 0.466 e. The van der Waals surface area contributed by atoms with Gasteiger partial charge in [-0.25, -0.2) is 0 Å². The molecule has 0 unspecified atom stereocenters. The molecule has 0 amide bonds. The van der Waals surface area contributed by atoms with Gasteiger partial charge in [-0.2, -0.15) is 0 Å². The summed E-state index contributed by atoms with van der Waals surface area (Å²) in [5.41, 5.74) is 0. The number of esters is 1. The fraction of sp³-hybridized carbons (Fsp3) is 0.900. The van der Waals surface area contributed by atoms with Gasteiger partial charge in [-0.1, -0.05) is 0 Å². The summed E-state index contributed by atoms with van der Waals surface area (Å²) in [5.74, 6) is 2.33. The number of nitrogens with zero attached hydrogens (tertiary/aromatic N) is 1. The predicted octanol–water partition coefficient (Wildman–Crippen LogP) is 1.64.